The molecule has 4 atom stereocenters. The Morgan fingerprint density at radius 1 is 0.900 bits per heavy atom. The summed E-state index contributed by atoms with van der Waals surface area (Å²) in [6.07, 6.45) is 1.62. The van der Waals surface area contributed by atoms with E-state index in [2.05, 4.69) is 16.0 Å². The van der Waals surface area contributed by atoms with E-state index >= 15 is 0 Å². The molecule has 0 heterocycles. The van der Waals surface area contributed by atoms with E-state index < -0.39 is 60.2 Å². The predicted molar refractivity (Wildman–Crippen MR) is 112 cm³/mol. The van der Waals surface area contributed by atoms with Gasteiger partial charge in [0, 0.05) is 0 Å². The summed E-state index contributed by atoms with van der Waals surface area (Å²) in [5.41, 5.74) is 5.79. The number of aliphatic carboxylic acids is 2. The monoisotopic (exact) mass is 448 g/mol. The molecule has 0 aromatic heterocycles. The zero-order valence-electron chi connectivity index (χ0n) is 17.6. The van der Waals surface area contributed by atoms with E-state index in [9.17, 15) is 24.0 Å². The highest BCUT2D eigenvalue weighted by atomic mass is 32.2. The first kappa shape index (κ1) is 27.7. The second-order valence-electron chi connectivity index (χ2n) is 7.31. The number of hydrogen-bond donors (Lipinski definition) is 6. The molecule has 0 aromatic carbocycles. The lowest BCUT2D eigenvalue weighted by Crippen LogP contribution is -2.56. The predicted octanol–water partition coefficient (Wildman–Crippen LogP) is -0.853. The molecule has 0 aliphatic carbocycles. The highest BCUT2D eigenvalue weighted by Crippen LogP contribution is 2.05. The van der Waals surface area contributed by atoms with Crippen LogP contribution in [-0.2, 0) is 24.0 Å². The average Bonchev–Trinajstić information content (AvgIpc) is 2.62. The van der Waals surface area contributed by atoms with Crippen LogP contribution in [0.4, 0.5) is 0 Å². The van der Waals surface area contributed by atoms with Crippen molar-refractivity contribution in [3.8, 4) is 0 Å². The van der Waals surface area contributed by atoms with Crippen molar-refractivity contribution in [2.75, 3.05) is 12.0 Å². The van der Waals surface area contributed by atoms with Crippen LogP contribution in [0.15, 0.2) is 0 Å². The van der Waals surface area contributed by atoms with Gasteiger partial charge in [-0.05, 0) is 37.7 Å². The summed E-state index contributed by atoms with van der Waals surface area (Å²) in [5.74, 6) is -4.17. The minimum atomic E-state index is -1.63. The van der Waals surface area contributed by atoms with Crippen molar-refractivity contribution in [1.29, 1.82) is 0 Å². The van der Waals surface area contributed by atoms with Crippen LogP contribution in [0.5, 0.6) is 0 Å². The Bertz CT molecular complexity index is 630. The van der Waals surface area contributed by atoms with E-state index in [1.807, 2.05) is 13.8 Å². The molecular weight excluding hydrogens is 416 g/mol. The molecule has 12 heteroatoms. The molecular formula is C18H32N4O7S. The molecule has 7 N–H and O–H groups in total. The van der Waals surface area contributed by atoms with Gasteiger partial charge in [0.15, 0.2) is 0 Å². The molecule has 0 unspecified atom stereocenters. The van der Waals surface area contributed by atoms with Gasteiger partial charge < -0.3 is 31.9 Å². The summed E-state index contributed by atoms with van der Waals surface area (Å²) < 4.78 is 0. The van der Waals surface area contributed by atoms with Crippen molar-refractivity contribution < 1.29 is 34.2 Å². The number of hydrogen-bond acceptors (Lipinski definition) is 7. The Labute approximate surface area is 179 Å². The van der Waals surface area contributed by atoms with E-state index in [0.717, 1.165) is 0 Å². The van der Waals surface area contributed by atoms with Gasteiger partial charge >= 0.3 is 11.9 Å². The standard InChI is InChI=1S/C18H32N4O7S/c1-9(2)7-11(19)16(26)20-10(3)15(25)21-12(5-6-30-4)17(27)22-13(18(28)29)8-14(23)24/h9-13H,5-8,19H2,1-4H3,(H,20,26)(H,21,25)(H,22,27)(H,23,24)(H,28,29)/t10-,11-,12-,13-/m0/s1. The molecule has 0 aromatic rings. The molecule has 0 rings (SSSR count). The van der Waals surface area contributed by atoms with Crippen LogP contribution in [0.25, 0.3) is 0 Å². The Balaban J connectivity index is 5.06. The summed E-state index contributed by atoms with van der Waals surface area (Å²) in [6, 6.07) is -4.48. The fraction of sp³-hybridized carbons (Fsp3) is 0.722. The maximum atomic E-state index is 12.5. The van der Waals surface area contributed by atoms with Crippen LogP contribution >= 0.6 is 11.8 Å². The molecule has 30 heavy (non-hydrogen) atoms. The Morgan fingerprint density at radius 3 is 1.93 bits per heavy atom. The first-order chi connectivity index (χ1) is 13.9. The van der Waals surface area contributed by atoms with E-state index in [1.165, 1.54) is 18.7 Å². The number of nitrogens with two attached hydrogens (primary N) is 1. The zero-order valence-corrected chi connectivity index (χ0v) is 18.5. The first-order valence-corrected chi connectivity index (χ1v) is 10.9. The van der Waals surface area contributed by atoms with Gasteiger partial charge in [0.05, 0.1) is 12.5 Å². The number of carboxylic acids is 2. The molecule has 172 valence electrons. The number of amides is 3. The van der Waals surface area contributed by atoms with Gasteiger partial charge in [-0.15, -0.1) is 0 Å². The van der Waals surface area contributed by atoms with Gasteiger partial charge in [-0.25, -0.2) is 4.79 Å². The molecule has 0 radical (unpaired) electrons. The van der Waals surface area contributed by atoms with Crippen molar-refractivity contribution >= 4 is 41.4 Å². The van der Waals surface area contributed by atoms with E-state index in [0.29, 0.717) is 12.2 Å². The normalized spacial score (nSPS) is 14.9. The lowest BCUT2D eigenvalue weighted by atomic mass is 10.0. The lowest BCUT2D eigenvalue weighted by Gasteiger charge is -2.23. The average molecular weight is 449 g/mol. The molecule has 0 aliphatic rings. The van der Waals surface area contributed by atoms with Crippen LogP contribution in [0.1, 0.15) is 40.0 Å². The van der Waals surface area contributed by atoms with Crippen LogP contribution < -0.4 is 21.7 Å². The Hall–Kier alpha value is -2.34. The SMILES string of the molecule is CSCC[C@H](NC(=O)[C@H](C)NC(=O)[C@@H](N)CC(C)C)C(=O)N[C@@H](CC(=O)O)C(=O)O. The topological polar surface area (TPSA) is 188 Å². The fourth-order valence-electron chi connectivity index (χ4n) is 2.45. The third-order valence-electron chi connectivity index (χ3n) is 4.05. The van der Waals surface area contributed by atoms with Gasteiger partial charge in [0.1, 0.15) is 18.1 Å². The van der Waals surface area contributed by atoms with Gasteiger partial charge in [-0.2, -0.15) is 11.8 Å². The second kappa shape index (κ2) is 13.8. The number of carbonyl (C=O) groups is 5. The number of carbonyl (C=O) groups excluding carboxylic acids is 3. The largest absolute Gasteiger partial charge is 0.481 e. The molecule has 11 nitrogen and oxygen atoms in total. The van der Waals surface area contributed by atoms with Crippen LogP contribution in [0.2, 0.25) is 0 Å². The van der Waals surface area contributed by atoms with E-state index in [-0.39, 0.29) is 12.3 Å². The van der Waals surface area contributed by atoms with Gasteiger partial charge in [-0.3, -0.25) is 19.2 Å². The summed E-state index contributed by atoms with van der Waals surface area (Å²) in [7, 11) is 0. The summed E-state index contributed by atoms with van der Waals surface area (Å²) in [5, 5.41) is 25.0. The quantitative estimate of drug-likeness (QED) is 0.197. The zero-order chi connectivity index (χ0) is 23.4. The highest BCUT2D eigenvalue weighted by molar-refractivity contribution is 7.98. The smallest absolute Gasteiger partial charge is 0.326 e. The molecule has 0 fully saturated rings. The van der Waals surface area contributed by atoms with E-state index in [1.54, 1.807) is 6.26 Å². The van der Waals surface area contributed by atoms with E-state index in [4.69, 9.17) is 15.9 Å². The molecule has 0 saturated heterocycles. The van der Waals surface area contributed by atoms with Crippen molar-refractivity contribution in [1.82, 2.24) is 16.0 Å². The van der Waals surface area contributed by atoms with Gasteiger partial charge in [0.25, 0.3) is 0 Å². The van der Waals surface area contributed by atoms with Gasteiger partial charge in [0.2, 0.25) is 17.7 Å². The number of thioether (sulfide) groups is 1. The van der Waals surface area contributed by atoms with Crippen molar-refractivity contribution in [3.63, 3.8) is 0 Å². The Morgan fingerprint density at radius 2 is 1.47 bits per heavy atom. The number of nitrogens with one attached hydrogen (secondary N) is 3. The summed E-state index contributed by atoms with van der Waals surface area (Å²) in [6.45, 7) is 5.25. The summed E-state index contributed by atoms with van der Waals surface area (Å²) in [4.78, 5) is 58.9. The second-order valence-corrected chi connectivity index (χ2v) is 8.29. The van der Waals surface area contributed by atoms with Crippen LogP contribution in [-0.4, -0.2) is 76.0 Å². The number of rotatable bonds is 14. The molecule has 3 amide bonds. The lowest BCUT2D eigenvalue weighted by molar-refractivity contribution is -0.147. The molecule has 0 saturated carbocycles. The minimum Gasteiger partial charge on any atom is -0.481 e. The maximum Gasteiger partial charge on any atom is 0.326 e. The maximum absolute atomic E-state index is 12.5. The summed E-state index contributed by atoms with van der Waals surface area (Å²) >= 11 is 1.41. The third-order valence-corrected chi connectivity index (χ3v) is 4.70. The first-order valence-electron chi connectivity index (χ1n) is 9.49. The third kappa shape index (κ3) is 11.0. The molecule has 0 aliphatic heterocycles. The van der Waals surface area contributed by atoms with Crippen LogP contribution in [0.3, 0.4) is 0 Å². The molecule has 0 spiro atoms. The highest BCUT2D eigenvalue weighted by Gasteiger charge is 2.29. The van der Waals surface area contributed by atoms with Crippen molar-refractivity contribution in [2.24, 2.45) is 11.7 Å². The van der Waals surface area contributed by atoms with Crippen LogP contribution in [0, 0.1) is 5.92 Å². The number of carboxylic acid groups (broad SMARTS) is 2. The fourth-order valence-corrected chi connectivity index (χ4v) is 2.92. The Kier molecular flexibility index (Phi) is 12.7. The van der Waals surface area contributed by atoms with Crippen molar-refractivity contribution in [3.05, 3.63) is 0 Å². The molecule has 0 bridgehead atoms. The van der Waals surface area contributed by atoms with Crippen molar-refractivity contribution in [2.45, 2.75) is 64.2 Å². The van der Waals surface area contributed by atoms with Gasteiger partial charge in [-0.1, -0.05) is 13.8 Å². The minimum absolute atomic E-state index is 0.186.